The summed E-state index contributed by atoms with van der Waals surface area (Å²) in [7, 11) is 0. The van der Waals surface area contributed by atoms with Crippen LogP contribution in [0.3, 0.4) is 0 Å². The van der Waals surface area contributed by atoms with E-state index in [1.807, 2.05) is 12.1 Å². The number of aliphatic hydroxyl groups is 1. The minimum absolute atomic E-state index is 0.0468. The van der Waals surface area contributed by atoms with Gasteiger partial charge in [0.1, 0.15) is 24.3 Å². The molecule has 0 aliphatic rings. The zero-order valence-corrected chi connectivity index (χ0v) is 13.9. The van der Waals surface area contributed by atoms with Crippen molar-refractivity contribution in [1.29, 1.82) is 0 Å². The lowest BCUT2D eigenvalue weighted by atomic mass is 10.1. The number of aromatic amines is 1. The van der Waals surface area contributed by atoms with Crippen LogP contribution in [-0.4, -0.2) is 21.8 Å². The van der Waals surface area contributed by atoms with Crippen molar-refractivity contribution in [1.82, 2.24) is 4.98 Å². The molecule has 25 heavy (non-hydrogen) atoms. The largest absolute Gasteiger partial charge is 0.494 e. The molecule has 1 aromatic heterocycles. The zero-order chi connectivity index (χ0) is 17.8. The molecule has 130 valence electrons. The van der Waals surface area contributed by atoms with E-state index in [4.69, 9.17) is 4.74 Å². The van der Waals surface area contributed by atoms with Gasteiger partial charge in [-0.1, -0.05) is 35.6 Å². The summed E-state index contributed by atoms with van der Waals surface area (Å²) in [5.74, 6) is 0.125. The number of ether oxygens (including phenoxy) is 1. The van der Waals surface area contributed by atoms with Gasteiger partial charge in [-0.25, -0.2) is 4.39 Å². The maximum absolute atomic E-state index is 12.9. The Morgan fingerprint density at radius 2 is 1.80 bits per heavy atom. The van der Waals surface area contributed by atoms with E-state index in [0.29, 0.717) is 22.6 Å². The van der Waals surface area contributed by atoms with Crippen LogP contribution < -0.4 is 9.61 Å². The van der Waals surface area contributed by atoms with Crippen molar-refractivity contribution >= 4 is 11.3 Å². The lowest BCUT2D eigenvalue weighted by Crippen LogP contribution is -2.09. The minimum Gasteiger partial charge on any atom is -0.494 e. The first-order valence-corrected chi connectivity index (χ1v) is 8.39. The van der Waals surface area contributed by atoms with Gasteiger partial charge in [-0.2, -0.15) is 0 Å². The van der Waals surface area contributed by atoms with Crippen LogP contribution in [0, 0.1) is 5.82 Å². The molecule has 2 aromatic carbocycles. The molecule has 0 saturated carbocycles. The van der Waals surface area contributed by atoms with Crippen LogP contribution in [0.2, 0.25) is 0 Å². The average Bonchev–Trinajstić information content (AvgIpc) is 2.92. The van der Waals surface area contributed by atoms with Gasteiger partial charge in [-0.3, -0.25) is 9.78 Å². The Morgan fingerprint density at radius 3 is 2.40 bits per heavy atom. The Labute approximate surface area is 147 Å². The Balaban J connectivity index is 1.58. The standard InChI is InChI=1S/C18H16FNO4S/c19-13-5-3-12(4-6-13)15(21)10-24-14-7-1-11(2-8-14)9-16-17(22)20-18(23)25-16/h1-8,15,21-22H,9-10H2,(H,20,23). The number of thiazole rings is 1. The highest BCUT2D eigenvalue weighted by Gasteiger charge is 2.10. The minimum atomic E-state index is -0.852. The predicted octanol–water partition coefficient (Wildman–Crippen LogP) is 2.98. The highest BCUT2D eigenvalue weighted by molar-refractivity contribution is 7.09. The number of halogens is 1. The van der Waals surface area contributed by atoms with Gasteiger partial charge in [0.2, 0.25) is 5.88 Å². The molecule has 5 nitrogen and oxygen atoms in total. The molecule has 0 aliphatic heterocycles. The van der Waals surface area contributed by atoms with E-state index < -0.39 is 6.10 Å². The van der Waals surface area contributed by atoms with E-state index in [2.05, 4.69) is 4.98 Å². The summed E-state index contributed by atoms with van der Waals surface area (Å²) in [4.78, 5) is 13.8. The van der Waals surface area contributed by atoms with Crippen molar-refractivity contribution < 1.29 is 19.3 Å². The second-order valence-electron chi connectivity index (χ2n) is 5.49. The maximum atomic E-state index is 12.9. The van der Waals surface area contributed by atoms with E-state index in [1.165, 1.54) is 24.3 Å². The van der Waals surface area contributed by atoms with Gasteiger partial charge < -0.3 is 14.9 Å². The maximum Gasteiger partial charge on any atom is 0.307 e. The lowest BCUT2D eigenvalue weighted by molar-refractivity contribution is 0.108. The molecule has 0 aliphatic carbocycles. The Kier molecular flexibility index (Phi) is 5.16. The van der Waals surface area contributed by atoms with Gasteiger partial charge in [0, 0.05) is 6.42 Å². The summed E-state index contributed by atoms with van der Waals surface area (Å²) >= 11 is 0.974. The van der Waals surface area contributed by atoms with E-state index >= 15 is 0 Å². The molecule has 0 radical (unpaired) electrons. The third kappa shape index (κ3) is 4.46. The quantitative estimate of drug-likeness (QED) is 0.630. The van der Waals surface area contributed by atoms with Gasteiger partial charge >= 0.3 is 4.87 Å². The van der Waals surface area contributed by atoms with E-state index in [0.717, 1.165) is 16.9 Å². The van der Waals surface area contributed by atoms with Crippen LogP contribution in [0.1, 0.15) is 22.1 Å². The van der Waals surface area contributed by atoms with Gasteiger partial charge in [0.25, 0.3) is 0 Å². The molecule has 0 spiro atoms. The number of benzene rings is 2. The van der Waals surface area contributed by atoms with Crippen molar-refractivity contribution in [2.45, 2.75) is 12.5 Å². The number of aromatic hydroxyl groups is 1. The molecule has 1 atom stereocenters. The van der Waals surface area contributed by atoms with Gasteiger partial charge in [-0.05, 0) is 35.4 Å². The SMILES string of the molecule is O=c1[nH]c(O)c(Cc2ccc(OCC(O)c3ccc(F)cc3)cc2)s1. The highest BCUT2D eigenvalue weighted by atomic mass is 32.1. The second-order valence-corrected chi connectivity index (χ2v) is 6.55. The van der Waals surface area contributed by atoms with Crippen molar-refractivity contribution in [2.75, 3.05) is 6.61 Å². The number of aromatic nitrogens is 1. The second kappa shape index (κ2) is 7.50. The summed E-state index contributed by atoms with van der Waals surface area (Å²) in [6.45, 7) is 0.0468. The Hall–Kier alpha value is -2.64. The van der Waals surface area contributed by atoms with Crippen molar-refractivity contribution in [3.05, 3.63) is 80.0 Å². The fourth-order valence-electron chi connectivity index (χ4n) is 2.32. The van der Waals surface area contributed by atoms with Crippen LogP contribution in [0.25, 0.3) is 0 Å². The zero-order valence-electron chi connectivity index (χ0n) is 13.1. The van der Waals surface area contributed by atoms with Crippen molar-refractivity contribution in [3.8, 4) is 11.6 Å². The van der Waals surface area contributed by atoms with Crippen LogP contribution >= 0.6 is 11.3 Å². The summed E-state index contributed by atoms with van der Waals surface area (Å²) in [6.07, 6.45) is -0.414. The molecule has 1 heterocycles. The van der Waals surface area contributed by atoms with Crippen LogP contribution in [-0.2, 0) is 6.42 Å². The third-order valence-corrected chi connectivity index (χ3v) is 4.52. The number of aliphatic hydroxyl groups excluding tert-OH is 1. The predicted molar refractivity (Wildman–Crippen MR) is 92.7 cm³/mol. The number of rotatable bonds is 6. The van der Waals surface area contributed by atoms with E-state index in [-0.39, 0.29) is 23.2 Å². The topological polar surface area (TPSA) is 82.6 Å². The Morgan fingerprint density at radius 1 is 1.12 bits per heavy atom. The monoisotopic (exact) mass is 361 g/mol. The fraction of sp³-hybridized carbons (Fsp3) is 0.167. The molecule has 0 amide bonds. The summed E-state index contributed by atoms with van der Waals surface area (Å²) in [5, 5.41) is 19.6. The molecular weight excluding hydrogens is 345 g/mol. The van der Waals surface area contributed by atoms with Crippen LogP contribution in [0.4, 0.5) is 4.39 Å². The number of hydrogen-bond donors (Lipinski definition) is 3. The first kappa shape index (κ1) is 17.2. The lowest BCUT2D eigenvalue weighted by Gasteiger charge is -2.13. The van der Waals surface area contributed by atoms with Crippen LogP contribution in [0.5, 0.6) is 11.6 Å². The summed E-state index contributed by atoms with van der Waals surface area (Å²) in [6, 6.07) is 12.8. The molecular formula is C18H16FNO4S. The molecule has 0 saturated heterocycles. The van der Waals surface area contributed by atoms with Gasteiger partial charge in [-0.15, -0.1) is 0 Å². The van der Waals surface area contributed by atoms with E-state index in [1.54, 1.807) is 12.1 Å². The van der Waals surface area contributed by atoms with Crippen LogP contribution in [0.15, 0.2) is 53.3 Å². The first-order chi connectivity index (χ1) is 12.0. The van der Waals surface area contributed by atoms with E-state index in [9.17, 15) is 19.4 Å². The molecule has 0 bridgehead atoms. The number of H-pyrrole nitrogens is 1. The molecule has 1 unspecified atom stereocenters. The molecule has 0 fully saturated rings. The normalized spacial score (nSPS) is 12.1. The fourth-order valence-corrected chi connectivity index (χ4v) is 3.08. The average molecular weight is 361 g/mol. The highest BCUT2D eigenvalue weighted by Crippen LogP contribution is 2.22. The molecule has 3 N–H and O–H groups in total. The number of hydrogen-bond acceptors (Lipinski definition) is 5. The molecule has 3 aromatic rings. The third-order valence-electron chi connectivity index (χ3n) is 3.65. The Bertz CT molecular complexity index is 887. The first-order valence-electron chi connectivity index (χ1n) is 7.57. The smallest absolute Gasteiger partial charge is 0.307 e. The summed E-state index contributed by atoms with van der Waals surface area (Å²) < 4.78 is 18.4. The van der Waals surface area contributed by atoms with Gasteiger partial charge in [0.15, 0.2) is 0 Å². The summed E-state index contributed by atoms with van der Waals surface area (Å²) in [5.41, 5.74) is 1.49. The molecule has 3 rings (SSSR count). The van der Waals surface area contributed by atoms with Gasteiger partial charge in [0.05, 0.1) is 4.88 Å². The van der Waals surface area contributed by atoms with Crippen molar-refractivity contribution in [3.63, 3.8) is 0 Å². The number of nitrogens with one attached hydrogen (secondary N) is 1. The van der Waals surface area contributed by atoms with Crippen molar-refractivity contribution in [2.24, 2.45) is 0 Å². The molecule has 7 heteroatoms.